The van der Waals surface area contributed by atoms with Crippen molar-refractivity contribution in [3.8, 4) is 0 Å². The molecule has 14 heavy (non-hydrogen) atoms. The summed E-state index contributed by atoms with van der Waals surface area (Å²) in [6.45, 7) is 7.19. The molecule has 0 aromatic rings. The van der Waals surface area contributed by atoms with Crippen molar-refractivity contribution in [2.24, 2.45) is 11.8 Å². The van der Waals surface area contributed by atoms with Gasteiger partial charge in [0.15, 0.2) is 0 Å². The standard InChI is InChI=1S/C11H21NO2/c1-3-5-10(11(13)14)8-12-6-9(4-2)7-12/h9-10H,3-8H2,1-2H3,(H,13,14). The number of likely N-dealkylation sites (tertiary alicyclic amines) is 1. The number of hydrogen-bond donors (Lipinski definition) is 1. The van der Waals surface area contributed by atoms with Crippen molar-refractivity contribution in [1.29, 1.82) is 0 Å². The molecule has 0 aromatic heterocycles. The van der Waals surface area contributed by atoms with Crippen molar-refractivity contribution >= 4 is 5.97 Å². The smallest absolute Gasteiger partial charge is 0.307 e. The van der Waals surface area contributed by atoms with Gasteiger partial charge in [-0.15, -0.1) is 0 Å². The molecule has 0 bridgehead atoms. The lowest BCUT2D eigenvalue weighted by Crippen LogP contribution is -2.49. The maximum Gasteiger partial charge on any atom is 0.307 e. The average molecular weight is 199 g/mol. The molecular formula is C11H21NO2. The SMILES string of the molecule is CCCC(CN1CC(CC)C1)C(=O)O. The van der Waals surface area contributed by atoms with Crippen LogP contribution in [-0.4, -0.2) is 35.6 Å². The zero-order valence-electron chi connectivity index (χ0n) is 9.20. The van der Waals surface area contributed by atoms with E-state index in [0.717, 1.165) is 38.4 Å². The van der Waals surface area contributed by atoms with E-state index in [1.807, 2.05) is 6.92 Å². The van der Waals surface area contributed by atoms with E-state index < -0.39 is 5.97 Å². The number of aliphatic carboxylic acids is 1. The van der Waals surface area contributed by atoms with Gasteiger partial charge in [-0.3, -0.25) is 4.79 Å². The normalized spacial score (nSPS) is 20.4. The Balaban J connectivity index is 2.24. The first kappa shape index (κ1) is 11.5. The molecule has 1 saturated heterocycles. The van der Waals surface area contributed by atoms with Crippen LogP contribution in [0.25, 0.3) is 0 Å². The fourth-order valence-electron chi connectivity index (χ4n) is 2.04. The Morgan fingerprint density at radius 3 is 2.57 bits per heavy atom. The summed E-state index contributed by atoms with van der Waals surface area (Å²) in [7, 11) is 0. The predicted octanol–water partition coefficient (Wildman–Crippen LogP) is 1.83. The van der Waals surface area contributed by atoms with Gasteiger partial charge in [0.2, 0.25) is 0 Å². The van der Waals surface area contributed by atoms with Gasteiger partial charge in [-0.2, -0.15) is 0 Å². The fraction of sp³-hybridized carbons (Fsp3) is 0.909. The predicted molar refractivity (Wildman–Crippen MR) is 56.3 cm³/mol. The first-order valence-corrected chi connectivity index (χ1v) is 5.62. The molecule has 0 spiro atoms. The lowest BCUT2D eigenvalue weighted by atomic mass is 9.94. The van der Waals surface area contributed by atoms with Crippen LogP contribution in [0, 0.1) is 11.8 Å². The van der Waals surface area contributed by atoms with Gasteiger partial charge in [-0.1, -0.05) is 26.7 Å². The number of hydrogen-bond acceptors (Lipinski definition) is 2. The Hall–Kier alpha value is -0.570. The molecule has 1 rings (SSSR count). The largest absolute Gasteiger partial charge is 0.481 e. The Morgan fingerprint density at radius 2 is 2.14 bits per heavy atom. The molecule has 1 aliphatic rings. The van der Waals surface area contributed by atoms with E-state index in [-0.39, 0.29) is 5.92 Å². The Kier molecular flexibility index (Phi) is 4.39. The third-order valence-corrected chi connectivity index (χ3v) is 3.08. The van der Waals surface area contributed by atoms with Gasteiger partial charge in [0, 0.05) is 19.6 Å². The highest BCUT2D eigenvalue weighted by molar-refractivity contribution is 5.70. The summed E-state index contributed by atoms with van der Waals surface area (Å²) in [5, 5.41) is 8.97. The third-order valence-electron chi connectivity index (χ3n) is 3.08. The highest BCUT2D eigenvalue weighted by atomic mass is 16.4. The molecule has 0 aliphatic carbocycles. The lowest BCUT2D eigenvalue weighted by Gasteiger charge is -2.40. The molecule has 1 aliphatic heterocycles. The summed E-state index contributed by atoms with van der Waals surface area (Å²) >= 11 is 0. The minimum atomic E-state index is -0.633. The molecule has 1 unspecified atom stereocenters. The van der Waals surface area contributed by atoms with Gasteiger partial charge < -0.3 is 10.0 Å². The van der Waals surface area contributed by atoms with Gasteiger partial charge in [0.25, 0.3) is 0 Å². The summed E-state index contributed by atoms with van der Waals surface area (Å²) in [5.41, 5.74) is 0. The molecule has 3 nitrogen and oxygen atoms in total. The van der Waals surface area contributed by atoms with Crippen LogP contribution in [0.3, 0.4) is 0 Å². The van der Waals surface area contributed by atoms with E-state index in [2.05, 4.69) is 11.8 Å². The molecule has 82 valence electrons. The van der Waals surface area contributed by atoms with Gasteiger partial charge >= 0.3 is 5.97 Å². The first-order chi connectivity index (χ1) is 6.67. The van der Waals surface area contributed by atoms with Crippen LogP contribution >= 0.6 is 0 Å². The van der Waals surface area contributed by atoms with Crippen LogP contribution in [0.4, 0.5) is 0 Å². The van der Waals surface area contributed by atoms with Crippen LogP contribution < -0.4 is 0 Å². The highest BCUT2D eigenvalue weighted by Crippen LogP contribution is 2.21. The second-order valence-corrected chi connectivity index (χ2v) is 4.32. The van der Waals surface area contributed by atoms with Crippen LogP contribution in [0.2, 0.25) is 0 Å². The Labute approximate surface area is 86.1 Å². The molecule has 1 atom stereocenters. The van der Waals surface area contributed by atoms with E-state index in [0.29, 0.717) is 0 Å². The minimum absolute atomic E-state index is 0.155. The number of rotatable bonds is 6. The van der Waals surface area contributed by atoms with E-state index >= 15 is 0 Å². The van der Waals surface area contributed by atoms with Crippen LogP contribution in [0.5, 0.6) is 0 Å². The van der Waals surface area contributed by atoms with Gasteiger partial charge in [0.05, 0.1) is 5.92 Å². The van der Waals surface area contributed by atoms with Crippen molar-refractivity contribution in [1.82, 2.24) is 4.90 Å². The van der Waals surface area contributed by atoms with Gasteiger partial charge in [-0.25, -0.2) is 0 Å². The molecule has 0 aromatic carbocycles. The van der Waals surface area contributed by atoms with E-state index in [1.54, 1.807) is 0 Å². The van der Waals surface area contributed by atoms with Crippen LogP contribution in [0.1, 0.15) is 33.1 Å². The summed E-state index contributed by atoms with van der Waals surface area (Å²) in [4.78, 5) is 13.2. The maximum absolute atomic E-state index is 10.9. The van der Waals surface area contributed by atoms with Crippen molar-refractivity contribution in [3.63, 3.8) is 0 Å². The van der Waals surface area contributed by atoms with Gasteiger partial charge in [0.1, 0.15) is 0 Å². The first-order valence-electron chi connectivity index (χ1n) is 5.62. The number of nitrogens with zero attached hydrogens (tertiary/aromatic N) is 1. The van der Waals surface area contributed by atoms with Gasteiger partial charge in [-0.05, 0) is 12.3 Å². The molecule has 1 fully saturated rings. The summed E-state index contributed by atoms with van der Waals surface area (Å²) < 4.78 is 0. The molecular weight excluding hydrogens is 178 g/mol. The molecule has 1 N–H and O–H groups in total. The molecule has 1 heterocycles. The second-order valence-electron chi connectivity index (χ2n) is 4.32. The Morgan fingerprint density at radius 1 is 1.50 bits per heavy atom. The molecule has 0 amide bonds. The second kappa shape index (κ2) is 5.35. The van der Waals surface area contributed by atoms with Crippen molar-refractivity contribution in [3.05, 3.63) is 0 Å². The van der Waals surface area contributed by atoms with E-state index in [1.165, 1.54) is 6.42 Å². The maximum atomic E-state index is 10.9. The fourth-order valence-corrected chi connectivity index (χ4v) is 2.04. The molecule has 3 heteroatoms. The topological polar surface area (TPSA) is 40.5 Å². The molecule has 0 radical (unpaired) electrons. The molecule has 0 saturated carbocycles. The van der Waals surface area contributed by atoms with Crippen molar-refractivity contribution in [2.45, 2.75) is 33.1 Å². The third kappa shape index (κ3) is 2.98. The monoisotopic (exact) mass is 199 g/mol. The average Bonchev–Trinajstić information content (AvgIpc) is 2.08. The van der Waals surface area contributed by atoms with Crippen LogP contribution in [0.15, 0.2) is 0 Å². The van der Waals surface area contributed by atoms with E-state index in [4.69, 9.17) is 5.11 Å². The number of carbonyl (C=O) groups is 1. The zero-order chi connectivity index (χ0) is 10.6. The lowest BCUT2D eigenvalue weighted by molar-refractivity contribution is -0.143. The Bertz CT molecular complexity index is 188. The van der Waals surface area contributed by atoms with E-state index in [9.17, 15) is 4.79 Å². The zero-order valence-corrected chi connectivity index (χ0v) is 9.20. The summed E-state index contributed by atoms with van der Waals surface area (Å²) in [6, 6.07) is 0. The van der Waals surface area contributed by atoms with Crippen molar-refractivity contribution in [2.75, 3.05) is 19.6 Å². The van der Waals surface area contributed by atoms with Crippen molar-refractivity contribution < 1.29 is 9.90 Å². The highest BCUT2D eigenvalue weighted by Gasteiger charge is 2.29. The summed E-state index contributed by atoms with van der Waals surface area (Å²) in [5.74, 6) is 0.0238. The minimum Gasteiger partial charge on any atom is -0.481 e. The quantitative estimate of drug-likeness (QED) is 0.709. The van der Waals surface area contributed by atoms with Crippen LogP contribution in [-0.2, 0) is 4.79 Å². The number of carboxylic acids is 1. The number of carboxylic acid groups (broad SMARTS) is 1. The summed E-state index contributed by atoms with van der Waals surface area (Å²) in [6.07, 6.45) is 2.99.